The fourth-order valence-corrected chi connectivity index (χ4v) is 2.60. The van der Waals surface area contributed by atoms with E-state index in [2.05, 4.69) is 5.32 Å². The van der Waals surface area contributed by atoms with Gasteiger partial charge in [-0.2, -0.15) is 0 Å². The van der Waals surface area contributed by atoms with Gasteiger partial charge < -0.3 is 20.4 Å². The summed E-state index contributed by atoms with van der Waals surface area (Å²) in [7, 11) is 0. The first-order valence-electron chi connectivity index (χ1n) is 6.67. The summed E-state index contributed by atoms with van der Waals surface area (Å²) >= 11 is 0. The van der Waals surface area contributed by atoms with Crippen molar-refractivity contribution in [3.63, 3.8) is 0 Å². The first-order valence-corrected chi connectivity index (χ1v) is 6.67. The molecule has 0 aromatic heterocycles. The molecule has 1 aliphatic rings. The number of aliphatic hydroxyl groups is 2. The van der Waals surface area contributed by atoms with Crippen LogP contribution in [0.2, 0.25) is 0 Å². The maximum atomic E-state index is 14.1. The van der Waals surface area contributed by atoms with Gasteiger partial charge in [-0.15, -0.1) is 0 Å². The van der Waals surface area contributed by atoms with Gasteiger partial charge in [0.15, 0.2) is 0 Å². The van der Waals surface area contributed by atoms with E-state index >= 15 is 0 Å². The van der Waals surface area contributed by atoms with Crippen molar-refractivity contribution in [2.24, 2.45) is 0 Å². The lowest BCUT2D eigenvalue weighted by Crippen LogP contribution is -2.26. The number of rotatable bonds is 4. The van der Waals surface area contributed by atoms with Crippen LogP contribution < -0.4 is 10.2 Å². The van der Waals surface area contributed by atoms with E-state index in [1.807, 2.05) is 24.8 Å². The number of benzene rings is 1. The van der Waals surface area contributed by atoms with E-state index in [0.29, 0.717) is 18.7 Å². The summed E-state index contributed by atoms with van der Waals surface area (Å²) in [5.41, 5.74) is 1.33. The van der Waals surface area contributed by atoms with Gasteiger partial charge >= 0.3 is 0 Å². The average Bonchev–Trinajstić information content (AvgIpc) is 2.69. The third-order valence-electron chi connectivity index (χ3n) is 3.57. The molecule has 1 fully saturated rings. The Bertz CT molecular complexity index is 431. The van der Waals surface area contributed by atoms with Crippen molar-refractivity contribution >= 4 is 5.69 Å². The Kier molecular flexibility index (Phi) is 4.39. The quantitative estimate of drug-likeness (QED) is 0.763. The molecule has 0 amide bonds. The highest BCUT2D eigenvalue weighted by molar-refractivity contribution is 5.56. The van der Waals surface area contributed by atoms with E-state index in [1.165, 1.54) is 6.07 Å². The highest BCUT2D eigenvalue weighted by Crippen LogP contribution is 2.31. The first kappa shape index (κ1) is 14.2. The van der Waals surface area contributed by atoms with Crippen LogP contribution in [0.3, 0.4) is 0 Å². The molecular weight excluding hydrogens is 247 g/mol. The molecule has 0 spiro atoms. The second kappa shape index (κ2) is 5.86. The van der Waals surface area contributed by atoms with Crippen molar-refractivity contribution in [2.45, 2.75) is 32.1 Å². The number of anilines is 1. The largest absolute Gasteiger partial charge is 0.389 e. The highest BCUT2D eigenvalue weighted by atomic mass is 19.1. The predicted molar refractivity (Wildman–Crippen MR) is 72.7 cm³/mol. The lowest BCUT2D eigenvalue weighted by Gasteiger charge is -2.25. The summed E-state index contributed by atoms with van der Waals surface area (Å²) in [6.07, 6.45) is -1.55. The zero-order chi connectivity index (χ0) is 14.0. The van der Waals surface area contributed by atoms with Gasteiger partial charge in [0.1, 0.15) is 5.82 Å². The highest BCUT2D eigenvalue weighted by Gasteiger charge is 2.31. The smallest absolute Gasteiger partial charge is 0.130 e. The minimum Gasteiger partial charge on any atom is -0.389 e. The van der Waals surface area contributed by atoms with Crippen molar-refractivity contribution in [3.05, 3.63) is 29.6 Å². The fourth-order valence-electron chi connectivity index (χ4n) is 2.60. The number of hydrogen-bond donors (Lipinski definition) is 3. The molecule has 0 bridgehead atoms. The van der Waals surface area contributed by atoms with Crippen LogP contribution in [-0.2, 0) is 0 Å². The second-order valence-electron chi connectivity index (χ2n) is 4.99. The van der Waals surface area contributed by atoms with Crippen molar-refractivity contribution in [2.75, 3.05) is 24.5 Å². The third-order valence-corrected chi connectivity index (χ3v) is 3.57. The molecule has 0 aliphatic carbocycles. The standard InChI is InChI=1S/C14H21FN2O2/c1-3-16-9(2)14-10(15)5-4-6-11(14)17-7-12(18)13(19)8-17/h4-6,9,12-13,16,18-19H,3,7-8H2,1-2H3. The summed E-state index contributed by atoms with van der Waals surface area (Å²) in [4.78, 5) is 1.83. The van der Waals surface area contributed by atoms with Crippen LogP contribution in [-0.4, -0.2) is 42.1 Å². The molecular formula is C14H21FN2O2. The molecule has 4 nitrogen and oxygen atoms in total. The molecule has 2 rings (SSSR count). The van der Waals surface area contributed by atoms with Crippen LogP contribution in [0.25, 0.3) is 0 Å². The zero-order valence-corrected chi connectivity index (χ0v) is 11.3. The van der Waals surface area contributed by atoms with Gasteiger partial charge in [-0.1, -0.05) is 13.0 Å². The lowest BCUT2D eigenvalue weighted by atomic mass is 10.0. The minimum absolute atomic E-state index is 0.115. The summed E-state index contributed by atoms with van der Waals surface area (Å²) < 4.78 is 14.1. The predicted octanol–water partition coefficient (Wildman–Crippen LogP) is 1.04. The SMILES string of the molecule is CCNC(C)c1c(F)cccc1N1CC(O)C(O)C1. The van der Waals surface area contributed by atoms with Crippen LogP contribution in [0, 0.1) is 5.82 Å². The normalized spacial score (nSPS) is 24.8. The molecule has 0 radical (unpaired) electrons. The maximum Gasteiger partial charge on any atom is 0.130 e. The van der Waals surface area contributed by atoms with Gasteiger partial charge in [0.05, 0.1) is 12.2 Å². The number of nitrogens with one attached hydrogen (secondary N) is 1. The van der Waals surface area contributed by atoms with Crippen LogP contribution in [0.4, 0.5) is 10.1 Å². The molecule has 3 atom stereocenters. The molecule has 19 heavy (non-hydrogen) atoms. The number of halogens is 1. The summed E-state index contributed by atoms with van der Waals surface area (Å²) in [5, 5.41) is 22.5. The summed E-state index contributed by atoms with van der Waals surface area (Å²) in [5.74, 6) is -0.262. The van der Waals surface area contributed by atoms with E-state index in [9.17, 15) is 14.6 Å². The number of hydrogen-bond acceptors (Lipinski definition) is 4. The van der Waals surface area contributed by atoms with Crippen molar-refractivity contribution in [1.29, 1.82) is 0 Å². The van der Waals surface area contributed by atoms with Gasteiger partial charge in [-0.05, 0) is 25.6 Å². The Morgan fingerprint density at radius 2 is 2.00 bits per heavy atom. The van der Waals surface area contributed by atoms with E-state index in [0.717, 1.165) is 12.2 Å². The van der Waals surface area contributed by atoms with Crippen LogP contribution >= 0.6 is 0 Å². The van der Waals surface area contributed by atoms with Gasteiger partial charge in [-0.3, -0.25) is 0 Å². The molecule has 3 unspecified atom stereocenters. The van der Waals surface area contributed by atoms with Crippen molar-refractivity contribution in [3.8, 4) is 0 Å². The number of β-amino-alcohol motifs (C(OH)–C–C–N with tert-alkyl or cyclic N) is 2. The lowest BCUT2D eigenvalue weighted by molar-refractivity contribution is 0.0572. The Morgan fingerprint density at radius 1 is 1.37 bits per heavy atom. The Morgan fingerprint density at radius 3 is 2.58 bits per heavy atom. The third kappa shape index (κ3) is 2.88. The van der Waals surface area contributed by atoms with Gasteiger partial charge in [0, 0.05) is 30.4 Å². The van der Waals surface area contributed by atoms with Crippen LogP contribution in [0.1, 0.15) is 25.5 Å². The molecule has 1 aromatic rings. The summed E-state index contributed by atoms with van der Waals surface area (Å²) in [6.45, 7) is 5.29. The van der Waals surface area contributed by atoms with Crippen LogP contribution in [0.5, 0.6) is 0 Å². The summed E-state index contributed by atoms with van der Waals surface area (Å²) in [6, 6.07) is 4.81. The monoisotopic (exact) mass is 268 g/mol. The molecule has 3 N–H and O–H groups in total. The Labute approximate surface area is 112 Å². The first-order chi connectivity index (χ1) is 9.04. The topological polar surface area (TPSA) is 55.7 Å². The van der Waals surface area contributed by atoms with Gasteiger partial charge in [0.2, 0.25) is 0 Å². The van der Waals surface area contributed by atoms with E-state index in [-0.39, 0.29) is 11.9 Å². The molecule has 1 saturated heterocycles. The molecule has 1 aliphatic heterocycles. The van der Waals surface area contributed by atoms with E-state index in [1.54, 1.807) is 6.07 Å². The van der Waals surface area contributed by atoms with E-state index in [4.69, 9.17) is 0 Å². The van der Waals surface area contributed by atoms with E-state index < -0.39 is 12.2 Å². The number of aliphatic hydroxyl groups excluding tert-OH is 2. The molecule has 5 heteroatoms. The average molecular weight is 268 g/mol. The van der Waals surface area contributed by atoms with Gasteiger partial charge in [-0.25, -0.2) is 4.39 Å². The fraction of sp³-hybridized carbons (Fsp3) is 0.571. The van der Waals surface area contributed by atoms with Crippen LogP contribution in [0.15, 0.2) is 18.2 Å². The molecule has 106 valence electrons. The minimum atomic E-state index is -0.773. The second-order valence-corrected chi connectivity index (χ2v) is 4.99. The molecule has 1 aromatic carbocycles. The Balaban J connectivity index is 2.32. The molecule has 1 heterocycles. The molecule has 0 saturated carbocycles. The van der Waals surface area contributed by atoms with Gasteiger partial charge in [0.25, 0.3) is 0 Å². The Hall–Kier alpha value is -1.17. The zero-order valence-electron chi connectivity index (χ0n) is 11.3. The number of nitrogens with zero attached hydrogens (tertiary/aromatic N) is 1. The maximum absolute atomic E-state index is 14.1. The van der Waals surface area contributed by atoms with Crippen molar-refractivity contribution in [1.82, 2.24) is 5.32 Å². The van der Waals surface area contributed by atoms with Crippen molar-refractivity contribution < 1.29 is 14.6 Å².